The molecular weight excluding hydrogens is 585 g/mol. The maximum atomic E-state index is 13.9. The molecule has 0 aliphatic carbocycles. The van der Waals surface area contributed by atoms with Crippen molar-refractivity contribution >= 4 is 56.6 Å². The highest BCUT2D eigenvalue weighted by Gasteiger charge is 2.54. The molecule has 0 aromatic heterocycles. The highest BCUT2D eigenvalue weighted by atomic mass is 35.5. The average Bonchev–Trinajstić information content (AvgIpc) is 2.82. The quantitative estimate of drug-likeness (QED) is 0.481. The van der Waals surface area contributed by atoms with E-state index in [1.807, 2.05) is 0 Å². The van der Waals surface area contributed by atoms with Crippen LogP contribution in [0.4, 0.5) is 8.78 Å². The number of fused-ring (bicyclic) bond motifs is 1. The molecule has 3 unspecified atom stereocenters. The van der Waals surface area contributed by atoms with E-state index in [0.29, 0.717) is 10.6 Å². The summed E-state index contributed by atoms with van der Waals surface area (Å²) in [6.07, 6.45) is -4.11. The van der Waals surface area contributed by atoms with E-state index in [4.69, 9.17) is 34.8 Å². The number of carbonyl (C=O) groups is 2. The number of benzene rings is 2. The highest BCUT2D eigenvalue weighted by Crippen LogP contribution is 2.35. The number of carbonyl (C=O) groups excluding carboxylic acids is 2. The molecule has 2 saturated heterocycles. The summed E-state index contributed by atoms with van der Waals surface area (Å²) in [7, 11) is -1.13. The van der Waals surface area contributed by atoms with Gasteiger partial charge in [-0.15, -0.1) is 0 Å². The molecule has 0 N–H and O–H groups in total. The molecule has 206 valence electrons. The predicted molar refractivity (Wildman–Crippen MR) is 140 cm³/mol. The third-order valence-electron chi connectivity index (χ3n) is 6.67. The predicted octanol–water partition coefficient (Wildman–Crippen LogP) is 3.45. The zero-order valence-corrected chi connectivity index (χ0v) is 23.5. The number of piperazine rings is 1. The van der Waals surface area contributed by atoms with Crippen LogP contribution in [0.2, 0.25) is 15.1 Å². The summed E-state index contributed by atoms with van der Waals surface area (Å²) < 4.78 is 55.9. The van der Waals surface area contributed by atoms with Crippen LogP contribution in [0, 0.1) is 0 Å². The molecule has 2 amide bonds. The van der Waals surface area contributed by atoms with Crippen LogP contribution in [0.5, 0.6) is 0 Å². The van der Waals surface area contributed by atoms with Crippen LogP contribution in [-0.2, 0) is 26.0 Å². The number of rotatable bonds is 7. The Labute approximate surface area is 234 Å². The number of sulfonamides is 1. The van der Waals surface area contributed by atoms with Gasteiger partial charge < -0.3 is 9.80 Å². The van der Waals surface area contributed by atoms with E-state index < -0.39 is 59.6 Å². The molecule has 14 heteroatoms. The molecule has 3 atom stereocenters. The number of alkyl halides is 2. The highest BCUT2D eigenvalue weighted by molar-refractivity contribution is 7.89. The van der Waals surface area contributed by atoms with E-state index in [-0.39, 0.29) is 27.9 Å². The Morgan fingerprint density at radius 1 is 0.974 bits per heavy atom. The van der Waals surface area contributed by atoms with Crippen molar-refractivity contribution in [3.05, 3.63) is 63.1 Å². The van der Waals surface area contributed by atoms with Crippen molar-refractivity contribution in [1.29, 1.82) is 0 Å². The standard InChI is InChI=1S/C24H25Cl3F2N4O4S/c1-30(2)19-11-32(38(36,37)20-8-7-16(26)10-17(20)27)22-13-31(12-21(28)29)23(34)18(33(22)24(19)35)9-14-3-5-15(25)6-4-14/h3-8,10,18-19,21-22H,9,11-13H2,1-2H3. The van der Waals surface area contributed by atoms with E-state index in [9.17, 15) is 26.8 Å². The molecule has 2 heterocycles. The average molecular weight is 610 g/mol. The second-order valence-corrected chi connectivity index (χ2v) is 12.5. The molecule has 2 aliphatic rings. The number of amides is 2. The molecule has 2 aromatic rings. The summed E-state index contributed by atoms with van der Waals surface area (Å²) in [4.78, 5) is 30.7. The van der Waals surface area contributed by atoms with Crippen molar-refractivity contribution in [2.24, 2.45) is 0 Å². The summed E-state index contributed by atoms with van der Waals surface area (Å²) >= 11 is 18.2. The largest absolute Gasteiger partial charge is 0.332 e. The van der Waals surface area contributed by atoms with E-state index in [2.05, 4.69) is 0 Å². The minimum absolute atomic E-state index is 0.0201. The van der Waals surface area contributed by atoms with Gasteiger partial charge >= 0.3 is 0 Å². The van der Waals surface area contributed by atoms with Crippen LogP contribution in [0.15, 0.2) is 47.4 Å². The lowest BCUT2D eigenvalue weighted by Crippen LogP contribution is -2.75. The number of halogens is 5. The van der Waals surface area contributed by atoms with E-state index in [1.54, 1.807) is 43.3 Å². The lowest BCUT2D eigenvalue weighted by atomic mass is 9.97. The summed E-state index contributed by atoms with van der Waals surface area (Å²) in [5.41, 5.74) is 0.625. The van der Waals surface area contributed by atoms with Gasteiger partial charge in [0.15, 0.2) is 0 Å². The third kappa shape index (κ3) is 5.64. The van der Waals surface area contributed by atoms with Gasteiger partial charge in [-0.2, -0.15) is 4.31 Å². The zero-order chi connectivity index (χ0) is 27.9. The second kappa shape index (κ2) is 11.2. The maximum absolute atomic E-state index is 13.9. The smallest absolute Gasteiger partial charge is 0.255 e. The molecule has 2 aromatic carbocycles. The molecular formula is C24H25Cl3F2N4O4S. The number of nitrogens with zero attached hydrogens (tertiary/aromatic N) is 4. The first-order valence-electron chi connectivity index (χ1n) is 11.6. The zero-order valence-electron chi connectivity index (χ0n) is 20.4. The van der Waals surface area contributed by atoms with Crippen molar-refractivity contribution in [3.63, 3.8) is 0 Å². The normalized spacial score (nSPS) is 22.9. The van der Waals surface area contributed by atoms with Gasteiger partial charge in [-0.3, -0.25) is 14.5 Å². The molecule has 0 saturated carbocycles. The van der Waals surface area contributed by atoms with Crippen LogP contribution in [0.3, 0.4) is 0 Å². The van der Waals surface area contributed by atoms with Gasteiger partial charge in [0.25, 0.3) is 6.43 Å². The summed E-state index contributed by atoms with van der Waals surface area (Å²) in [6, 6.07) is 8.29. The Kier molecular flexibility index (Phi) is 8.56. The lowest BCUT2D eigenvalue weighted by molar-refractivity contribution is -0.171. The fourth-order valence-corrected chi connectivity index (χ4v) is 7.25. The van der Waals surface area contributed by atoms with Gasteiger partial charge in [0, 0.05) is 23.0 Å². The summed E-state index contributed by atoms with van der Waals surface area (Å²) in [6.45, 7) is -1.59. The Morgan fingerprint density at radius 2 is 1.61 bits per heavy atom. The number of hydrogen-bond donors (Lipinski definition) is 0. The van der Waals surface area contributed by atoms with Gasteiger partial charge in [-0.1, -0.05) is 46.9 Å². The SMILES string of the molecule is CN(C)C1CN(S(=O)(=O)c2ccc(Cl)cc2Cl)C2CN(CC(F)F)C(=O)C(Cc3ccc(Cl)cc3)N2C1=O. The molecule has 0 bridgehead atoms. The first kappa shape index (κ1) is 29.0. The van der Waals surface area contributed by atoms with Gasteiger partial charge in [-0.25, -0.2) is 17.2 Å². The van der Waals surface area contributed by atoms with Crippen molar-refractivity contribution in [2.45, 2.75) is 36.0 Å². The molecule has 2 fully saturated rings. The Bertz CT molecular complexity index is 1330. The van der Waals surface area contributed by atoms with Gasteiger partial charge in [0.1, 0.15) is 23.1 Å². The first-order valence-corrected chi connectivity index (χ1v) is 14.2. The number of likely N-dealkylation sites (N-methyl/N-ethyl adjacent to an activating group) is 1. The van der Waals surface area contributed by atoms with Crippen LogP contribution in [0.25, 0.3) is 0 Å². The topological polar surface area (TPSA) is 81.2 Å². The Balaban J connectivity index is 1.84. The second-order valence-electron chi connectivity index (χ2n) is 9.34. The number of hydrogen-bond acceptors (Lipinski definition) is 5. The molecule has 4 rings (SSSR count). The fourth-order valence-electron chi connectivity index (χ4n) is 4.80. The summed E-state index contributed by atoms with van der Waals surface area (Å²) in [5.74, 6) is -1.16. The molecule has 0 spiro atoms. The van der Waals surface area contributed by atoms with Crippen molar-refractivity contribution in [3.8, 4) is 0 Å². The molecule has 8 nitrogen and oxygen atoms in total. The Hall–Kier alpha value is -2.02. The molecule has 2 aliphatic heterocycles. The van der Waals surface area contributed by atoms with Crippen LogP contribution in [0.1, 0.15) is 5.56 Å². The van der Waals surface area contributed by atoms with E-state index in [0.717, 1.165) is 9.21 Å². The minimum Gasteiger partial charge on any atom is -0.332 e. The fraction of sp³-hybridized carbons (Fsp3) is 0.417. The van der Waals surface area contributed by atoms with E-state index in [1.165, 1.54) is 23.1 Å². The van der Waals surface area contributed by atoms with Gasteiger partial charge in [-0.05, 0) is 50.0 Å². The van der Waals surface area contributed by atoms with Crippen molar-refractivity contribution in [2.75, 3.05) is 33.7 Å². The van der Waals surface area contributed by atoms with Crippen molar-refractivity contribution in [1.82, 2.24) is 19.0 Å². The first-order chi connectivity index (χ1) is 17.8. The van der Waals surface area contributed by atoms with Crippen LogP contribution in [-0.4, -0.2) is 97.6 Å². The molecule has 38 heavy (non-hydrogen) atoms. The Morgan fingerprint density at radius 3 is 2.18 bits per heavy atom. The lowest BCUT2D eigenvalue weighted by Gasteiger charge is -2.54. The summed E-state index contributed by atoms with van der Waals surface area (Å²) in [5, 5.41) is 0.557. The van der Waals surface area contributed by atoms with Crippen LogP contribution >= 0.6 is 34.8 Å². The van der Waals surface area contributed by atoms with Gasteiger partial charge in [0.05, 0.1) is 18.1 Å². The maximum Gasteiger partial charge on any atom is 0.255 e. The third-order valence-corrected chi connectivity index (χ3v) is 9.50. The van der Waals surface area contributed by atoms with E-state index >= 15 is 0 Å². The van der Waals surface area contributed by atoms with Gasteiger partial charge in [0.2, 0.25) is 21.8 Å². The monoisotopic (exact) mass is 608 g/mol. The molecule has 0 radical (unpaired) electrons. The minimum atomic E-state index is -4.36. The van der Waals surface area contributed by atoms with Crippen molar-refractivity contribution < 1.29 is 26.8 Å². The van der Waals surface area contributed by atoms with Crippen LogP contribution < -0.4 is 0 Å².